The summed E-state index contributed by atoms with van der Waals surface area (Å²) in [5, 5.41) is 10.8. The molecule has 7 heteroatoms. The quantitative estimate of drug-likeness (QED) is 0.946. The maximum atomic E-state index is 13.4. The zero-order valence-electron chi connectivity index (χ0n) is 10.8. The van der Waals surface area contributed by atoms with Crippen molar-refractivity contribution in [1.29, 1.82) is 0 Å². The van der Waals surface area contributed by atoms with Gasteiger partial charge >= 0.3 is 5.97 Å². The van der Waals surface area contributed by atoms with Crippen LogP contribution >= 0.6 is 11.3 Å². The standard InChI is InChI=1S/C14H11F2NO3S/c15-9-5-11-12(6-10(9)16)20-3-2-17(11)7-13-8(14(18)19)1-4-21-13/h1,4-6H,2-3,7H2,(H,18,19). The number of carbonyl (C=O) groups is 1. The molecule has 0 amide bonds. The lowest BCUT2D eigenvalue weighted by Crippen LogP contribution is -2.32. The van der Waals surface area contributed by atoms with Crippen LogP contribution in [0.25, 0.3) is 0 Å². The minimum absolute atomic E-state index is 0.232. The number of hydrogen-bond acceptors (Lipinski definition) is 4. The molecule has 0 radical (unpaired) electrons. The highest BCUT2D eigenvalue weighted by Crippen LogP contribution is 2.35. The van der Waals surface area contributed by atoms with Crippen LogP contribution in [-0.4, -0.2) is 24.2 Å². The van der Waals surface area contributed by atoms with Crippen LogP contribution in [0.15, 0.2) is 23.6 Å². The number of thiophene rings is 1. The summed E-state index contributed by atoms with van der Waals surface area (Å²) in [7, 11) is 0. The lowest BCUT2D eigenvalue weighted by molar-refractivity contribution is 0.0696. The van der Waals surface area contributed by atoms with Crippen molar-refractivity contribution in [1.82, 2.24) is 0 Å². The Balaban J connectivity index is 1.93. The summed E-state index contributed by atoms with van der Waals surface area (Å²) in [5.74, 6) is -2.63. The van der Waals surface area contributed by atoms with E-state index in [4.69, 9.17) is 9.84 Å². The highest BCUT2D eigenvalue weighted by Gasteiger charge is 2.23. The van der Waals surface area contributed by atoms with E-state index in [-0.39, 0.29) is 11.3 Å². The summed E-state index contributed by atoms with van der Waals surface area (Å²) in [6, 6.07) is 3.64. The number of fused-ring (bicyclic) bond motifs is 1. The van der Waals surface area contributed by atoms with Gasteiger partial charge < -0.3 is 14.7 Å². The zero-order chi connectivity index (χ0) is 15.0. The van der Waals surface area contributed by atoms with E-state index in [0.29, 0.717) is 30.3 Å². The van der Waals surface area contributed by atoms with Crippen LogP contribution in [-0.2, 0) is 6.54 Å². The van der Waals surface area contributed by atoms with Crippen LogP contribution in [0.5, 0.6) is 5.75 Å². The van der Waals surface area contributed by atoms with Crippen LogP contribution in [0.1, 0.15) is 15.2 Å². The number of ether oxygens (including phenoxy) is 1. The molecule has 1 aromatic heterocycles. The minimum atomic E-state index is -0.995. The van der Waals surface area contributed by atoms with Crippen molar-refractivity contribution < 1.29 is 23.4 Å². The van der Waals surface area contributed by atoms with E-state index in [1.165, 1.54) is 17.4 Å². The Morgan fingerprint density at radius 3 is 2.90 bits per heavy atom. The molecule has 4 nitrogen and oxygen atoms in total. The molecular formula is C14H11F2NO3S. The Morgan fingerprint density at radius 2 is 2.14 bits per heavy atom. The molecule has 1 aliphatic heterocycles. The molecule has 1 aliphatic rings. The molecule has 3 rings (SSSR count). The number of hydrogen-bond donors (Lipinski definition) is 1. The summed E-state index contributed by atoms with van der Waals surface area (Å²) < 4.78 is 32.0. The molecule has 0 bridgehead atoms. The highest BCUT2D eigenvalue weighted by atomic mass is 32.1. The van der Waals surface area contributed by atoms with Gasteiger partial charge in [0.15, 0.2) is 11.6 Å². The van der Waals surface area contributed by atoms with E-state index >= 15 is 0 Å². The number of rotatable bonds is 3. The Kier molecular flexibility index (Phi) is 3.50. The number of carboxylic acids is 1. The van der Waals surface area contributed by atoms with Gasteiger partial charge in [0.1, 0.15) is 12.4 Å². The average Bonchev–Trinajstić information content (AvgIpc) is 2.89. The van der Waals surface area contributed by atoms with E-state index in [1.54, 1.807) is 10.3 Å². The predicted octanol–water partition coefficient (Wildman–Crippen LogP) is 3.12. The topological polar surface area (TPSA) is 49.8 Å². The third-order valence-electron chi connectivity index (χ3n) is 3.27. The summed E-state index contributed by atoms with van der Waals surface area (Å²) >= 11 is 1.32. The molecule has 0 unspecified atom stereocenters. The molecule has 2 heterocycles. The molecule has 0 atom stereocenters. The summed E-state index contributed by atoms with van der Waals surface area (Å²) in [5.41, 5.74) is 0.667. The summed E-state index contributed by atoms with van der Waals surface area (Å²) in [6.07, 6.45) is 0. The van der Waals surface area contributed by atoms with Gasteiger partial charge in [0.2, 0.25) is 0 Å². The molecule has 110 valence electrons. The lowest BCUT2D eigenvalue weighted by atomic mass is 10.2. The molecular weight excluding hydrogens is 300 g/mol. The molecule has 0 saturated carbocycles. The van der Waals surface area contributed by atoms with E-state index in [2.05, 4.69) is 0 Å². The number of nitrogens with zero attached hydrogens (tertiary/aromatic N) is 1. The van der Waals surface area contributed by atoms with Crippen LogP contribution in [0.3, 0.4) is 0 Å². The van der Waals surface area contributed by atoms with Gasteiger partial charge in [-0.25, -0.2) is 13.6 Å². The third kappa shape index (κ3) is 2.56. The molecule has 0 saturated heterocycles. The summed E-state index contributed by atoms with van der Waals surface area (Å²) in [4.78, 5) is 13.6. The lowest BCUT2D eigenvalue weighted by Gasteiger charge is -2.31. The third-order valence-corrected chi connectivity index (χ3v) is 4.18. The highest BCUT2D eigenvalue weighted by molar-refractivity contribution is 7.10. The van der Waals surface area contributed by atoms with Crippen molar-refractivity contribution in [2.45, 2.75) is 6.54 Å². The van der Waals surface area contributed by atoms with Gasteiger partial charge in [0.05, 0.1) is 24.3 Å². The van der Waals surface area contributed by atoms with Gasteiger partial charge in [0, 0.05) is 17.0 Å². The van der Waals surface area contributed by atoms with E-state index in [0.717, 1.165) is 12.1 Å². The molecule has 1 aromatic carbocycles. The van der Waals surface area contributed by atoms with Crippen molar-refractivity contribution in [2.75, 3.05) is 18.1 Å². The fraction of sp³-hybridized carbons (Fsp3) is 0.214. The Bertz CT molecular complexity index is 702. The van der Waals surface area contributed by atoms with Gasteiger partial charge in [-0.3, -0.25) is 0 Å². The second-order valence-corrected chi connectivity index (χ2v) is 5.57. The average molecular weight is 311 g/mol. The monoisotopic (exact) mass is 311 g/mol. The van der Waals surface area contributed by atoms with Gasteiger partial charge in [-0.2, -0.15) is 0 Å². The van der Waals surface area contributed by atoms with Crippen molar-refractivity contribution in [2.24, 2.45) is 0 Å². The smallest absolute Gasteiger partial charge is 0.336 e. The fourth-order valence-corrected chi connectivity index (χ4v) is 3.14. The van der Waals surface area contributed by atoms with Crippen molar-refractivity contribution in [3.05, 3.63) is 45.7 Å². The first-order chi connectivity index (χ1) is 10.1. The van der Waals surface area contributed by atoms with E-state index in [9.17, 15) is 13.6 Å². The van der Waals surface area contributed by atoms with Crippen molar-refractivity contribution >= 4 is 23.0 Å². The first-order valence-corrected chi connectivity index (χ1v) is 7.10. The first-order valence-electron chi connectivity index (χ1n) is 6.22. The maximum Gasteiger partial charge on any atom is 0.336 e. The van der Waals surface area contributed by atoms with Crippen molar-refractivity contribution in [3.8, 4) is 5.75 Å². The van der Waals surface area contributed by atoms with Gasteiger partial charge in [-0.1, -0.05) is 0 Å². The van der Waals surface area contributed by atoms with Crippen LogP contribution in [0.4, 0.5) is 14.5 Å². The fourth-order valence-electron chi connectivity index (χ4n) is 2.26. The minimum Gasteiger partial charge on any atom is -0.489 e. The number of carboxylic acid groups (broad SMARTS) is 1. The second-order valence-electron chi connectivity index (χ2n) is 4.57. The first kappa shape index (κ1) is 13.8. The van der Waals surface area contributed by atoms with Crippen LogP contribution < -0.4 is 9.64 Å². The Morgan fingerprint density at radius 1 is 1.38 bits per heavy atom. The van der Waals surface area contributed by atoms with Gasteiger partial charge in [0.25, 0.3) is 0 Å². The van der Waals surface area contributed by atoms with Crippen LogP contribution in [0.2, 0.25) is 0 Å². The largest absolute Gasteiger partial charge is 0.489 e. The van der Waals surface area contributed by atoms with Gasteiger partial charge in [-0.05, 0) is 11.4 Å². The molecule has 0 spiro atoms. The van der Waals surface area contributed by atoms with E-state index in [1.807, 2.05) is 0 Å². The molecule has 0 aliphatic carbocycles. The van der Waals surface area contributed by atoms with E-state index < -0.39 is 17.6 Å². The molecule has 1 N–H and O–H groups in total. The number of halogens is 2. The Labute approximate surface area is 123 Å². The van der Waals surface area contributed by atoms with Crippen molar-refractivity contribution in [3.63, 3.8) is 0 Å². The van der Waals surface area contributed by atoms with Crippen LogP contribution in [0, 0.1) is 11.6 Å². The number of aromatic carboxylic acids is 1. The molecule has 21 heavy (non-hydrogen) atoms. The normalized spacial score (nSPS) is 13.7. The number of anilines is 1. The SMILES string of the molecule is O=C(O)c1ccsc1CN1CCOc2cc(F)c(F)cc21. The molecule has 2 aromatic rings. The van der Waals surface area contributed by atoms with Gasteiger partial charge in [-0.15, -0.1) is 11.3 Å². The second kappa shape index (κ2) is 5.33. The number of benzene rings is 1. The Hall–Kier alpha value is -2.15. The summed E-state index contributed by atoms with van der Waals surface area (Å²) in [6.45, 7) is 1.14. The maximum absolute atomic E-state index is 13.4. The zero-order valence-corrected chi connectivity index (χ0v) is 11.6. The molecule has 0 fully saturated rings. The predicted molar refractivity (Wildman–Crippen MR) is 74.2 cm³/mol.